The predicted octanol–water partition coefficient (Wildman–Crippen LogP) is 2.13. The van der Waals surface area contributed by atoms with Crippen molar-refractivity contribution in [3.63, 3.8) is 0 Å². The Kier molecular flexibility index (Phi) is 3.35. The first-order valence-corrected chi connectivity index (χ1v) is 6.41. The van der Waals surface area contributed by atoms with Crippen molar-refractivity contribution in [1.29, 1.82) is 0 Å². The molecule has 0 amide bonds. The second-order valence-electron chi connectivity index (χ2n) is 4.06. The van der Waals surface area contributed by atoms with Crippen LogP contribution in [0.5, 0.6) is 0 Å². The highest BCUT2D eigenvalue weighted by molar-refractivity contribution is 7.99. The summed E-state index contributed by atoms with van der Waals surface area (Å²) in [6, 6.07) is 0. The van der Waals surface area contributed by atoms with Gasteiger partial charge >= 0.3 is 0 Å². The molecule has 2 aliphatic rings. The van der Waals surface area contributed by atoms with Crippen LogP contribution in [0, 0.1) is 11.8 Å². The summed E-state index contributed by atoms with van der Waals surface area (Å²) in [6.07, 6.45) is 5.87. The minimum Gasteiger partial charge on any atom is -0.316 e. The third-order valence-corrected chi connectivity index (χ3v) is 4.32. The van der Waals surface area contributed by atoms with Crippen molar-refractivity contribution in [2.45, 2.75) is 25.7 Å². The van der Waals surface area contributed by atoms with E-state index in [-0.39, 0.29) is 0 Å². The largest absolute Gasteiger partial charge is 0.316 e. The molecular formula is C10H19NS. The highest BCUT2D eigenvalue weighted by atomic mass is 32.2. The fraction of sp³-hybridized carbons (Fsp3) is 1.00. The zero-order chi connectivity index (χ0) is 8.23. The summed E-state index contributed by atoms with van der Waals surface area (Å²) in [5, 5.41) is 3.53. The number of nitrogens with one attached hydrogen (secondary N) is 1. The molecule has 2 heteroatoms. The van der Waals surface area contributed by atoms with Gasteiger partial charge in [0.1, 0.15) is 0 Å². The van der Waals surface area contributed by atoms with E-state index in [1.54, 1.807) is 0 Å². The van der Waals surface area contributed by atoms with Crippen molar-refractivity contribution in [3.05, 3.63) is 0 Å². The molecule has 2 rings (SSSR count). The second kappa shape index (κ2) is 4.52. The van der Waals surface area contributed by atoms with E-state index in [2.05, 4.69) is 17.1 Å². The van der Waals surface area contributed by atoms with Crippen molar-refractivity contribution in [2.75, 3.05) is 24.6 Å². The fourth-order valence-electron chi connectivity index (χ4n) is 2.47. The van der Waals surface area contributed by atoms with Crippen LogP contribution in [0.15, 0.2) is 0 Å². The van der Waals surface area contributed by atoms with Crippen molar-refractivity contribution in [2.24, 2.45) is 11.8 Å². The Morgan fingerprint density at radius 2 is 1.83 bits per heavy atom. The zero-order valence-corrected chi connectivity index (χ0v) is 8.54. The highest BCUT2D eigenvalue weighted by Gasteiger charge is 2.24. The lowest BCUT2D eigenvalue weighted by molar-refractivity contribution is 0.250. The van der Waals surface area contributed by atoms with Crippen molar-refractivity contribution in [3.8, 4) is 0 Å². The minimum absolute atomic E-state index is 1.01. The van der Waals surface area contributed by atoms with Crippen LogP contribution in [-0.4, -0.2) is 24.6 Å². The summed E-state index contributed by atoms with van der Waals surface area (Å²) >= 11 is 2.14. The Morgan fingerprint density at radius 3 is 2.50 bits per heavy atom. The van der Waals surface area contributed by atoms with Gasteiger partial charge in [-0.15, -0.1) is 0 Å². The first kappa shape index (κ1) is 8.89. The summed E-state index contributed by atoms with van der Waals surface area (Å²) in [5.41, 5.74) is 0. The molecule has 0 aromatic carbocycles. The molecular weight excluding hydrogens is 166 g/mol. The molecule has 2 fully saturated rings. The van der Waals surface area contributed by atoms with Crippen molar-refractivity contribution < 1.29 is 0 Å². The van der Waals surface area contributed by atoms with E-state index >= 15 is 0 Å². The van der Waals surface area contributed by atoms with Crippen LogP contribution >= 0.6 is 11.8 Å². The van der Waals surface area contributed by atoms with E-state index < -0.39 is 0 Å². The monoisotopic (exact) mass is 185 g/mol. The van der Waals surface area contributed by atoms with Gasteiger partial charge in [0.15, 0.2) is 0 Å². The molecule has 1 nitrogen and oxygen atoms in total. The van der Waals surface area contributed by atoms with E-state index in [1.165, 1.54) is 50.3 Å². The van der Waals surface area contributed by atoms with Crippen LogP contribution < -0.4 is 5.32 Å². The summed E-state index contributed by atoms with van der Waals surface area (Å²) in [6.45, 7) is 2.56. The normalized spacial score (nSPS) is 33.5. The molecule has 70 valence electrons. The summed E-state index contributed by atoms with van der Waals surface area (Å²) in [5.74, 6) is 4.90. The Balaban J connectivity index is 1.80. The van der Waals surface area contributed by atoms with E-state index in [1.807, 2.05) is 0 Å². The molecule has 2 aliphatic heterocycles. The summed E-state index contributed by atoms with van der Waals surface area (Å²) < 4.78 is 0. The Morgan fingerprint density at radius 1 is 1.00 bits per heavy atom. The molecule has 2 heterocycles. The molecule has 0 aromatic heterocycles. The number of piperidine rings is 1. The molecule has 12 heavy (non-hydrogen) atoms. The van der Waals surface area contributed by atoms with Gasteiger partial charge in [0.05, 0.1) is 0 Å². The SMILES string of the molecule is C1CNCC(C2CCSCC2)C1. The smallest absolute Gasteiger partial charge is 0.00178 e. The van der Waals surface area contributed by atoms with Crippen LogP contribution in [0.2, 0.25) is 0 Å². The molecule has 0 radical (unpaired) electrons. The number of rotatable bonds is 1. The average Bonchev–Trinajstić information content (AvgIpc) is 2.21. The van der Waals surface area contributed by atoms with Crippen LogP contribution in [-0.2, 0) is 0 Å². The summed E-state index contributed by atoms with van der Waals surface area (Å²) in [7, 11) is 0. The van der Waals surface area contributed by atoms with Gasteiger partial charge in [-0.25, -0.2) is 0 Å². The molecule has 0 aliphatic carbocycles. The van der Waals surface area contributed by atoms with Crippen LogP contribution in [0.25, 0.3) is 0 Å². The van der Waals surface area contributed by atoms with E-state index in [0.717, 1.165) is 11.8 Å². The maximum Gasteiger partial charge on any atom is -0.00178 e. The molecule has 2 saturated heterocycles. The Bertz CT molecular complexity index is 110. The molecule has 0 bridgehead atoms. The molecule has 0 spiro atoms. The lowest BCUT2D eigenvalue weighted by Gasteiger charge is -2.33. The Hall–Kier alpha value is 0.310. The van der Waals surface area contributed by atoms with E-state index in [4.69, 9.17) is 0 Å². The molecule has 0 saturated carbocycles. The van der Waals surface area contributed by atoms with Gasteiger partial charge in [-0.3, -0.25) is 0 Å². The average molecular weight is 185 g/mol. The van der Waals surface area contributed by atoms with Gasteiger partial charge in [0.25, 0.3) is 0 Å². The van der Waals surface area contributed by atoms with Gasteiger partial charge in [0, 0.05) is 0 Å². The highest BCUT2D eigenvalue weighted by Crippen LogP contribution is 2.31. The van der Waals surface area contributed by atoms with Crippen LogP contribution in [0.4, 0.5) is 0 Å². The molecule has 1 unspecified atom stereocenters. The van der Waals surface area contributed by atoms with E-state index in [9.17, 15) is 0 Å². The molecule has 0 aromatic rings. The minimum atomic E-state index is 1.01. The number of hydrogen-bond donors (Lipinski definition) is 1. The lowest BCUT2D eigenvalue weighted by Crippen LogP contribution is -2.35. The zero-order valence-electron chi connectivity index (χ0n) is 7.72. The fourth-order valence-corrected chi connectivity index (χ4v) is 3.61. The van der Waals surface area contributed by atoms with Gasteiger partial charge in [-0.1, -0.05) is 0 Å². The lowest BCUT2D eigenvalue weighted by atomic mass is 9.83. The predicted molar refractivity (Wildman–Crippen MR) is 55.6 cm³/mol. The molecule has 1 N–H and O–H groups in total. The Labute approximate surface area is 79.7 Å². The van der Waals surface area contributed by atoms with Crippen LogP contribution in [0.3, 0.4) is 0 Å². The number of hydrogen-bond acceptors (Lipinski definition) is 2. The maximum atomic E-state index is 3.53. The standard InChI is InChI=1S/C10H19NS/c1-2-10(8-11-5-1)9-3-6-12-7-4-9/h9-11H,1-8H2. The maximum absolute atomic E-state index is 3.53. The van der Waals surface area contributed by atoms with E-state index in [0.29, 0.717) is 0 Å². The van der Waals surface area contributed by atoms with Crippen molar-refractivity contribution in [1.82, 2.24) is 5.32 Å². The third kappa shape index (κ3) is 2.17. The molecule has 1 atom stereocenters. The topological polar surface area (TPSA) is 12.0 Å². The second-order valence-corrected chi connectivity index (χ2v) is 5.28. The van der Waals surface area contributed by atoms with Gasteiger partial charge in [-0.05, 0) is 62.1 Å². The summed E-state index contributed by atoms with van der Waals surface area (Å²) in [4.78, 5) is 0. The van der Waals surface area contributed by atoms with Gasteiger partial charge in [-0.2, -0.15) is 11.8 Å². The van der Waals surface area contributed by atoms with Crippen LogP contribution in [0.1, 0.15) is 25.7 Å². The van der Waals surface area contributed by atoms with Gasteiger partial charge < -0.3 is 5.32 Å². The quantitative estimate of drug-likeness (QED) is 0.671. The van der Waals surface area contributed by atoms with Crippen molar-refractivity contribution >= 4 is 11.8 Å². The number of thioether (sulfide) groups is 1. The first-order valence-electron chi connectivity index (χ1n) is 5.25. The first-order chi connectivity index (χ1) is 5.97. The third-order valence-electron chi connectivity index (χ3n) is 3.27. The van der Waals surface area contributed by atoms with Gasteiger partial charge in [0.2, 0.25) is 0 Å².